The van der Waals surface area contributed by atoms with E-state index in [9.17, 15) is 4.79 Å². The van der Waals surface area contributed by atoms with Crippen LogP contribution >= 0.6 is 0 Å². The SMILES string of the molecule is CC(C)(C)OC(=O)N1CCCCC1N1C=CC=CC1. The minimum Gasteiger partial charge on any atom is -0.444 e. The molecule has 0 bridgehead atoms. The quantitative estimate of drug-likeness (QED) is 0.729. The van der Waals surface area contributed by atoms with Gasteiger partial charge in [-0.2, -0.15) is 0 Å². The van der Waals surface area contributed by atoms with E-state index in [0.717, 1.165) is 32.4 Å². The summed E-state index contributed by atoms with van der Waals surface area (Å²) in [6, 6.07) is 0. The van der Waals surface area contributed by atoms with Crippen molar-refractivity contribution in [2.24, 2.45) is 0 Å². The van der Waals surface area contributed by atoms with Gasteiger partial charge in [0.05, 0.1) is 0 Å². The molecule has 0 saturated carbocycles. The molecule has 0 aromatic carbocycles. The van der Waals surface area contributed by atoms with E-state index in [1.165, 1.54) is 0 Å². The maximum absolute atomic E-state index is 12.3. The number of carbonyl (C=O) groups is 1. The van der Waals surface area contributed by atoms with E-state index in [2.05, 4.69) is 17.2 Å². The minimum atomic E-state index is -0.434. The first kappa shape index (κ1) is 14.0. The van der Waals surface area contributed by atoms with Crippen molar-refractivity contribution in [2.75, 3.05) is 13.1 Å². The van der Waals surface area contributed by atoms with E-state index in [4.69, 9.17) is 4.74 Å². The molecule has 0 spiro atoms. The molecule has 4 nitrogen and oxygen atoms in total. The molecule has 0 radical (unpaired) electrons. The fourth-order valence-electron chi connectivity index (χ4n) is 2.50. The normalized spacial score (nSPS) is 23.6. The molecule has 2 aliphatic rings. The molecule has 106 valence electrons. The highest BCUT2D eigenvalue weighted by Crippen LogP contribution is 2.24. The van der Waals surface area contributed by atoms with Crippen LogP contribution in [0.4, 0.5) is 4.79 Å². The predicted octanol–water partition coefficient (Wildman–Crippen LogP) is 3.12. The van der Waals surface area contributed by atoms with Crippen LogP contribution in [0.5, 0.6) is 0 Å². The lowest BCUT2D eigenvalue weighted by atomic mass is 10.1. The van der Waals surface area contributed by atoms with E-state index in [-0.39, 0.29) is 12.3 Å². The first-order chi connectivity index (χ1) is 8.97. The highest BCUT2D eigenvalue weighted by molar-refractivity contribution is 5.68. The Morgan fingerprint density at radius 3 is 2.68 bits per heavy atom. The summed E-state index contributed by atoms with van der Waals surface area (Å²) >= 11 is 0. The predicted molar refractivity (Wildman–Crippen MR) is 75.6 cm³/mol. The summed E-state index contributed by atoms with van der Waals surface area (Å²) < 4.78 is 5.52. The third-order valence-corrected chi connectivity index (χ3v) is 3.32. The van der Waals surface area contributed by atoms with Crippen LogP contribution in [0.2, 0.25) is 0 Å². The van der Waals surface area contributed by atoms with E-state index >= 15 is 0 Å². The zero-order chi connectivity index (χ0) is 13.9. The number of ether oxygens (including phenoxy) is 1. The molecule has 2 rings (SSSR count). The highest BCUT2D eigenvalue weighted by atomic mass is 16.6. The molecule has 0 aromatic rings. The minimum absolute atomic E-state index is 0.129. The molecule has 1 unspecified atom stereocenters. The van der Waals surface area contributed by atoms with Crippen LogP contribution in [-0.2, 0) is 4.74 Å². The first-order valence-electron chi connectivity index (χ1n) is 7.06. The van der Waals surface area contributed by atoms with Gasteiger partial charge in [0.2, 0.25) is 0 Å². The van der Waals surface area contributed by atoms with Crippen molar-refractivity contribution in [3.63, 3.8) is 0 Å². The second kappa shape index (κ2) is 5.68. The Bertz CT molecular complexity index is 382. The Balaban J connectivity index is 2.05. The molecule has 0 aliphatic carbocycles. The fraction of sp³-hybridized carbons (Fsp3) is 0.667. The smallest absolute Gasteiger partial charge is 0.411 e. The number of allylic oxidation sites excluding steroid dienone is 2. The van der Waals surface area contributed by atoms with E-state index < -0.39 is 5.60 Å². The van der Waals surface area contributed by atoms with Crippen LogP contribution < -0.4 is 0 Å². The monoisotopic (exact) mass is 264 g/mol. The Hall–Kier alpha value is -1.45. The zero-order valence-electron chi connectivity index (χ0n) is 12.1. The van der Waals surface area contributed by atoms with Gasteiger partial charge < -0.3 is 9.64 Å². The van der Waals surface area contributed by atoms with Gasteiger partial charge in [-0.3, -0.25) is 4.90 Å². The second-order valence-corrected chi connectivity index (χ2v) is 6.12. The lowest BCUT2D eigenvalue weighted by Gasteiger charge is -2.42. The van der Waals surface area contributed by atoms with Crippen molar-refractivity contribution < 1.29 is 9.53 Å². The molecule has 4 heteroatoms. The second-order valence-electron chi connectivity index (χ2n) is 6.12. The van der Waals surface area contributed by atoms with Crippen molar-refractivity contribution in [2.45, 2.75) is 51.8 Å². The summed E-state index contributed by atoms with van der Waals surface area (Å²) in [5.74, 6) is 0. The van der Waals surface area contributed by atoms with Gasteiger partial charge in [-0.1, -0.05) is 12.2 Å². The van der Waals surface area contributed by atoms with E-state index in [1.54, 1.807) is 0 Å². The number of hydrogen-bond donors (Lipinski definition) is 0. The van der Waals surface area contributed by atoms with Crippen LogP contribution in [0.25, 0.3) is 0 Å². The molecule has 2 heterocycles. The first-order valence-corrected chi connectivity index (χ1v) is 7.06. The molecular formula is C15H24N2O2. The lowest BCUT2D eigenvalue weighted by Crippen LogP contribution is -2.53. The third kappa shape index (κ3) is 3.75. The number of rotatable bonds is 1. The third-order valence-electron chi connectivity index (χ3n) is 3.32. The van der Waals surface area contributed by atoms with Crippen molar-refractivity contribution in [1.29, 1.82) is 0 Å². The number of nitrogens with zero attached hydrogens (tertiary/aromatic N) is 2. The molecule has 0 N–H and O–H groups in total. The molecule has 1 saturated heterocycles. The summed E-state index contributed by atoms with van der Waals surface area (Å²) in [5.41, 5.74) is -0.434. The lowest BCUT2D eigenvalue weighted by molar-refractivity contribution is -0.0123. The summed E-state index contributed by atoms with van der Waals surface area (Å²) in [5, 5.41) is 0. The molecule has 2 aliphatic heterocycles. The maximum Gasteiger partial charge on any atom is 0.411 e. The van der Waals surface area contributed by atoms with Crippen molar-refractivity contribution in [1.82, 2.24) is 9.80 Å². The maximum atomic E-state index is 12.3. The van der Waals surface area contributed by atoms with E-state index in [0.29, 0.717) is 0 Å². The number of amides is 1. The standard InChI is InChI=1S/C15H24N2O2/c1-15(2,3)19-14(18)17-12-8-5-9-13(17)16-10-6-4-7-11-16/h4,6-7,10,13H,5,8-9,11-12H2,1-3H3. The molecule has 0 aromatic heterocycles. The average Bonchev–Trinajstić information content (AvgIpc) is 2.38. The fourth-order valence-corrected chi connectivity index (χ4v) is 2.50. The Morgan fingerprint density at radius 2 is 2.05 bits per heavy atom. The number of likely N-dealkylation sites (tertiary alicyclic amines) is 1. The van der Waals surface area contributed by atoms with Crippen molar-refractivity contribution in [3.8, 4) is 0 Å². The molecular weight excluding hydrogens is 240 g/mol. The van der Waals surface area contributed by atoms with Gasteiger partial charge in [0.25, 0.3) is 0 Å². The number of carbonyl (C=O) groups excluding carboxylic acids is 1. The summed E-state index contributed by atoms with van der Waals surface area (Å²) in [7, 11) is 0. The van der Waals surface area contributed by atoms with Crippen LogP contribution in [0.1, 0.15) is 40.0 Å². The van der Waals surface area contributed by atoms with Gasteiger partial charge in [-0.25, -0.2) is 4.79 Å². The van der Waals surface area contributed by atoms with Crippen molar-refractivity contribution in [3.05, 3.63) is 24.4 Å². The van der Waals surface area contributed by atoms with Crippen LogP contribution in [-0.4, -0.2) is 40.7 Å². The van der Waals surface area contributed by atoms with E-state index in [1.807, 2.05) is 37.8 Å². The zero-order valence-corrected chi connectivity index (χ0v) is 12.1. The Kier molecular flexibility index (Phi) is 4.17. The van der Waals surface area contributed by atoms with Gasteiger partial charge in [0.1, 0.15) is 11.8 Å². The van der Waals surface area contributed by atoms with Gasteiger partial charge in [-0.05, 0) is 46.1 Å². The van der Waals surface area contributed by atoms with Gasteiger partial charge in [-0.15, -0.1) is 0 Å². The topological polar surface area (TPSA) is 32.8 Å². The van der Waals surface area contributed by atoms with Crippen LogP contribution in [0, 0.1) is 0 Å². The molecule has 1 atom stereocenters. The van der Waals surface area contributed by atoms with Crippen LogP contribution in [0.3, 0.4) is 0 Å². The number of hydrogen-bond acceptors (Lipinski definition) is 3. The summed E-state index contributed by atoms with van der Waals surface area (Å²) in [6.07, 6.45) is 11.4. The van der Waals surface area contributed by atoms with Crippen molar-refractivity contribution >= 4 is 6.09 Å². The van der Waals surface area contributed by atoms with Gasteiger partial charge >= 0.3 is 6.09 Å². The number of piperidine rings is 1. The van der Waals surface area contributed by atoms with Gasteiger partial charge in [0.15, 0.2) is 0 Å². The highest BCUT2D eigenvalue weighted by Gasteiger charge is 2.32. The largest absolute Gasteiger partial charge is 0.444 e. The summed E-state index contributed by atoms with van der Waals surface area (Å²) in [6.45, 7) is 7.38. The summed E-state index contributed by atoms with van der Waals surface area (Å²) in [4.78, 5) is 16.4. The Labute approximate surface area is 115 Å². The van der Waals surface area contributed by atoms with Gasteiger partial charge in [0, 0.05) is 19.3 Å². The molecule has 1 amide bonds. The molecule has 1 fully saturated rings. The molecule has 19 heavy (non-hydrogen) atoms. The van der Waals surface area contributed by atoms with Crippen LogP contribution in [0.15, 0.2) is 24.4 Å². The Morgan fingerprint density at radius 1 is 1.26 bits per heavy atom. The average molecular weight is 264 g/mol.